The lowest BCUT2D eigenvalue weighted by molar-refractivity contribution is -0.152. The van der Waals surface area contributed by atoms with Gasteiger partial charge in [0.1, 0.15) is 11.1 Å². The molecule has 0 unspecified atom stereocenters. The van der Waals surface area contributed by atoms with E-state index in [-0.39, 0.29) is 5.91 Å². The average Bonchev–Trinajstić information content (AvgIpc) is 3.19. The van der Waals surface area contributed by atoms with Crippen LogP contribution < -0.4 is 5.32 Å². The highest BCUT2D eigenvalue weighted by Crippen LogP contribution is 2.46. The summed E-state index contributed by atoms with van der Waals surface area (Å²) in [5.74, 6) is -0.728. The summed E-state index contributed by atoms with van der Waals surface area (Å²) < 4.78 is 6.62. The molecular formula is C15H17N3O3. The summed E-state index contributed by atoms with van der Waals surface area (Å²) in [5.41, 5.74) is 1.74. The van der Waals surface area contributed by atoms with Crippen LogP contribution in [0.4, 0.5) is 0 Å². The Kier molecular flexibility index (Phi) is 3.16. The number of hydrogen-bond acceptors (Lipinski definition) is 4. The summed E-state index contributed by atoms with van der Waals surface area (Å²) in [7, 11) is 1.31. The molecule has 2 aromatic heterocycles. The van der Waals surface area contributed by atoms with Crippen molar-refractivity contribution in [1.29, 1.82) is 0 Å². The summed E-state index contributed by atoms with van der Waals surface area (Å²) in [4.78, 5) is 28.3. The highest BCUT2D eigenvalue weighted by Gasteiger charge is 2.57. The number of fused-ring (bicyclic) bond motifs is 1. The molecular weight excluding hydrogens is 270 g/mol. The van der Waals surface area contributed by atoms with Crippen LogP contribution >= 0.6 is 0 Å². The topological polar surface area (TPSA) is 72.7 Å². The molecule has 3 rings (SSSR count). The van der Waals surface area contributed by atoms with E-state index in [4.69, 9.17) is 4.74 Å². The van der Waals surface area contributed by atoms with Crippen molar-refractivity contribution in [1.82, 2.24) is 14.7 Å². The molecule has 0 spiro atoms. The minimum atomic E-state index is -0.968. The minimum Gasteiger partial charge on any atom is -0.468 e. The van der Waals surface area contributed by atoms with E-state index < -0.39 is 11.4 Å². The molecule has 0 aromatic carbocycles. The normalized spacial score (nSPS) is 15.7. The number of aryl methyl sites for hydroxylation is 1. The molecule has 1 amide bonds. The van der Waals surface area contributed by atoms with Crippen LogP contribution in [0.1, 0.15) is 24.1 Å². The first-order valence-corrected chi connectivity index (χ1v) is 6.87. The zero-order chi connectivity index (χ0) is 15.0. The Balaban J connectivity index is 1.71. The number of amides is 1. The van der Waals surface area contributed by atoms with E-state index in [1.165, 1.54) is 7.11 Å². The van der Waals surface area contributed by atoms with E-state index in [0.717, 1.165) is 16.9 Å². The molecule has 21 heavy (non-hydrogen) atoms. The van der Waals surface area contributed by atoms with Crippen molar-refractivity contribution in [2.24, 2.45) is 5.41 Å². The maximum atomic E-state index is 12.1. The van der Waals surface area contributed by atoms with Crippen molar-refractivity contribution in [3.63, 3.8) is 0 Å². The van der Waals surface area contributed by atoms with Gasteiger partial charge in [0.25, 0.3) is 0 Å². The Bertz CT molecular complexity index is 716. The molecule has 110 valence electrons. The lowest BCUT2D eigenvalue weighted by Gasteiger charge is -2.11. The number of carbonyl (C=O) groups excluding carboxylic acids is 2. The highest BCUT2D eigenvalue weighted by atomic mass is 16.5. The summed E-state index contributed by atoms with van der Waals surface area (Å²) in [6.45, 7) is 2.29. The van der Waals surface area contributed by atoms with Crippen molar-refractivity contribution in [3.05, 3.63) is 35.8 Å². The zero-order valence-electron chi connectivity index (χ0n) is 12.0. The smallest absolute Gasteiger partial charge is 0.321 e. The molecule has 2 heterocycles. The number of imidazole rings is 1. The van der Waals surface area contributed by atoms with Gasteiger partial charge >= 0.3 is 5.97 Å². The molecule has 1 N–H and O–H groups in total. The Morgan fingerprint density at radius 2 is 2.24 bits per heavy atom. The van der Waals surface area contributed by atoms with E-state index in [0.29, 0.717) is 19.4 Å². The van der Waals surface area contributed by atoms with Crippen LogP contribution in [0.5, 0.6) is 0 Å². The maximum Gasteiger partial charge on any atom is 0.321 e. The quantitative estimate of drug-likeness (QED) is 0.677. The van der Waals surface area contributed by atoms with Crippen LogP contribution in [0.3, 0.4) is 0 Å². The van der Waals surface area contributed by atoms with E-state index >= 15 is 0 Å². The Morgan fingerprint density at radius 1 is 1.48 bits per heavy atom. The molecule has 0 atom stereocenters. The number of carbonyl (C=O) groups is 2. The molecule has 0 radical (unpaired) electrons. The first kappa shape index (κ1) is 13.6. The van der Waals surface area contributed by atoms with Gasteiger partial charge in [0.15, 0.2) is 0 Å². The summed E-state index contributed by atoms with van der Waals surface area (Å²) in [6, 6.07) is 3.93. The van der Waals surface area contributed by atoms with Crippen molar-refractivity contribution < 1.29 is 14.3 Å². The number of nitrogens with zero attached hydrogens (tertiary/aromatic N) is 2. The fourth-order valence-corrected chi connectivity index (χ4v) is 2.47. The number of hydrogen-bond donors (Lipinski definition) is 1. The number of aromatic nitrogens is 2. The standard InChI is InChI=1S/C15H17N3O3/c1-10-4-3-7-18-9-11(17-12(10)18)8-16-13(19)15(5-6-15)14(20)21-2/h3-4,7,9H,5-6,8H2,1-2H3,(H,16,19). The summed E-state index contributed by atoms with van der Waals surface area (Å²) in [5, 5.41) is 2.78. The molecule has 1 fully saturated rings. The minimum absolute atomic E-state index is 0.275. The molecule has 6 nitrogen and oxygen atoms in total. The molecule has 0 bridgehead atoms. The number of pyridine rings is 1. The number of nitrogens with one attached hydrogen (secondary N) is 1. The predicted molar refractivity (Wildman–Crippen MR) is 75.5 cm³/mol. The van der Waals surface area contributed by atoms with Crippen LogP contribution in [-0.4, -0.2) is 28.4 Å². The van der Waals surface area contributed by atoms with E-state index in [1.54, 1.807) is 0 Å². The van der Waals surface area contributed by atoms with Gasteiger partial charge in [-0.15, -0.1) is 0 Å². The second-order valence-electron chi connectivity index (χ2n) is 5.41. The fourth-order valence-electron chi connectivity index (χ4n) is 2.47. The fraction of sp³-hybridized carbons (Fsp3) is 0.400. The lowest BCUT2D eigenvalue weighted by Crippen LogP contribution is -2.37. The van der Waals surface area contributed by atoms with Gasteiger partial charge in [-0.1, -0.05) is 6.07 Å². The molecule has 6 heteroatoms. The van der Waals surface area contributed by atoms with Gasteiger partial charge in [-0.25, -0.2) is 4.98 Å². The highest BCUT2D eigenvalue weighted by molar-refractivity contribution is 6.05. The van der Waals surface area contributed by atoms with Gasteiger partial charge < -0.3 is 14.5 Å². The number of esters is 1. The Labute approximate surface area is 122 Å². The van der Waals surface area contributed by atoms with Crippen molar-refractivity contribution in [2.75, 3.05) is 7.11 Å². The molecule has 0 saturated heterocycles. The van der Waals surface area contributed by atoms with E-state index in [9.17, 15) is 9.59 Å². The summed E-state index contributed by atoms with van der Waals surface area (Å²) >= 11 is 0. The third-order valence-electron chi connectivity index (χ3n) is 3.92. The van der Waals surface area contributed by atoms with Gasteiger partial charge in [0.05, 0.1) is 19.3 Å². The largest absolute Gasteiger partial charge is 0.468 e. The van der Waals surface area contributed by atoms with Gasteiger partial charge in [-0.05, 0) is 31.4 Å². The summed E-state index contributed by atoms with van der Waals surface area (Å²) in [6.07, 6.45) is 4.89. The third kappa shape index (κ3) is 2.26. The van der Waals surface area contributed by atoms with Crippen molar-refractivity contribution >= 4 is 17.5 Å². The first-order chi connectivity index (χ1) is 10.1. The second kappa shape index (κ2) is 4.87. The van der Waals surface area contributed by atoms with Crippen LogP contribution in [0.15, 0.2) is 24.5 Å². The monoisotopic (exact) mass is 287 g/mol. The van der Waals surface area contributed by atoms with E-state index in [2.05, 4.69) is 10.3 Å². The predicted octanol–water partition coefficient (Wildman–Crippen LogP) is 1.21. The molecule has 0 aliphatic heterocycles. The van der Waals surface area contributed by atoms with Crippen LogP contribution in [0.25, 0.3) is 5.65 Å². The van der Waals surface area contributed by atoms with Gasteiger partial charge in [-0.3, -0.25) is 9.59 Å². The van der Waals surface area contributed by atoms with Crippen LogP contribution in [0, 0.1) is 12.3 Å². The third-order valence-corrected chi connectivity index (χ3v) is 3.92. The first-order valence-electron chi connectivity index (χ1n) is 6.87. The molecule has 1 aliphatic rings. The SMILES string of the molecule is COC(=O)C1(C(=O)NCc2cn3cccc(C)c3n2)CC1. The maximum absolute atomic E-state index is 12.1. The Morgan fingerprint density at radius 3 is 2.86 bits per heavy atom. The number of methoxy groups -OCH3 is 1. The average molecular weight is 287 g/mol. The van der Waals surface area contributed by atoms with Crippen LogP contribution in [0.2, 0.25) is 0 Å². The van der Waals surface area contributed by atoms with Gasteiger partial charge in [0, 0.05) is 12.4 Å². The van der Waals surface area contributed by atoms with E-state index in [1.807, 2.05) is 35.9 Å². The van der Waals surface area contributed by atoms with Gasteiger partial charge in [0.2, 0.25) is 5.91 Å². The van der Waals surface area contributed by atoms with Crippen molar-refractivity contribution in [3.8, 4) is 0 Å². The molecule has 2 aromatic rings. The lowest BCUT2D eigenvalue weighted by atomic mass is 10.1. The van der Waals surface area contributed by atoms with Crippen molar-refractivity contribution in [2.45, 2.75) is 26.3 Å². The van der Waals surface area contributed by atoms with Gasteiger partial charge in [-0.2, -0.15) is 0 Å². The number of ether oxygens (including phenoxy) is 1. The number of rotatable bonds is 4. The van der Waals surface area contributed by atoms with Crippen LogP contribution in [-0.2, 0) is 20.9 Å². The zero-order valence-corrected chi connectivity index (χ0v) is 12.0. The molecule has 1 saturated carbocycles. The second-order valence-corrected chi connectivity index (χ2v) is 5.41. The Hall–Kier alpha value is -2.37. The molecule has 1 aliphatic carbocycles.